The van der Waals surface area contributed by atoms with Gasteiger partial charge in [-0.05, 0) is 23.8 Å². The number of carbonyl (C=O) groups excluding carboxylic acids is 3. The number of nitrogens with one attached hydrogen (secondary N) is 2. The molecule has 0 aromatic heterocycles. The molecule has 0 aliphatic carbocycles. The van der Waals surface area contributed by atoms with Crippen molar-refractivity contribution >= 4 is 35.2 Å². The first-order chi connectivity index (χ1) is 13.8. The Bertz CT molecular complexity index is 961. The molecule has 0 unspecified atom stereocenters. The van der Waals surface area contributed by atoms with E-state index in [-0.39, 0.29) is 12.1 Å². The fourth-order valence-electron chi connectivity index (χ4n) is 2.97. The molecule has 0 spiro atoms. The second kappa shape index (κ2) is 8.42. The van der Waals surface area contributed by atoms with Crippen LogP contribution in [0.4, 0.5) is 16.2 Å². The van der Waals surface area contributed by atoms with E-state index in [4.69, 9.17) is 5.11 Å². The summed E-state index contributed by atoms with van der Waals surface area (Å²) in [6.07, 6.45) is 0. The Hall–Kier alpha value is -3.88. The summed E-state index contributed by atoms with van der Waals surface area (Å²) in [5.74, 6) is -2.21. The van der Waals surface area contributed by atoms with Crippen LogP contribution in [0, 0.1) is 0 Å². The van der Waals surface area contributed by atoms with E-state index < -0.39 is 30.4 Å². The molecule has 150 valence electrons. The summed E-state index contributed by atoms with van der Waals surface area (Å²) in [6.45, 7) is -0.593. The number of amides is 4. The second-order valence-corrected chi connectivity index (χ2v) is 6.53. The number of benzene rings is 2. The number of carbonyl (C=O) groups is 4. The van der Waals surface area contributed by atoms with Crippen LogP contribution in [-0.4, -0.2) is 54.0 Å². The van der Waals surface area contributed by atoms with Crippen molar-refractivity contribution in [3.05, 3.63) is 59.7 Å². The number of likely N-dealkylation sites (N-methyl/N-ethyl adjacent to an activating group) is 1. The molecular formula is C20H20N4O5. The van der Waals surface area contributed by atoms with Crippen molar-refractivity contribution in [1.82, 2.24) is 10.2 Å². The van der Waals surface area contributed by atoms with E-state index in [9.17, 15) is 19.2 Å². The zero-order chi connectivity index (χ0) is 21.0. The molecule has 1 heterocycles. The van der Waals surface area contributed by atoms with E-state index in [1.54, 1.807) is 12.1 Å². The van der Waals surface area contributed by atoms with Crippen molar-refractivity contribution in [2.24, 2.45) is 0 Å². The van der Waals surface area contributed by atoms with Crippen LogP contribution in [-0.2, 0) is 16.1 Å². The predicted octanol–water partition coefficient (Wildman–Crippen LogP) is 1.51. The minimum absolute atomic E-state index is 0.139. The smallest absolute Gasteiger partial charge is 0.323 e. The van der Waals surface area contributed by atoms with Gasteiger partial charge in [0.2, 0.25) is 5.91 Å². The Morgan fingerprint density at radius 3 is 2.52 bits per heavy atom. The Morgan fingerprint density at radius 2 is 1.83 bits per heavy atom. The van der Waals surface area contributed by atoms with E-state index in [1.165, 1.54) is 18.0 Å². The topological polar surface area (TPSA) is 119 Å². The minimum Gasteiger partial charge on any atom is -0.480 e. The zero-order valence-electron chi connectivity index (χ0n) is 15.7. The van der Waals surface area contributed by atoms with E-state index in [2.05, 4.69) is 10.6 Å². The van der Waals surface area contributed by atoms with Crippen LogP contribution in [0.2, 0.25) is 0 Å². The summed E-state index contributed by atoms with van der Waals surface area (Å²) in [7, 11) is 1.51. The van der Waals surface area contributed by atoms with Crippen LogP contribution in [0.15, 0.2) is 48.5 Å². The fraction of sp³-hybridized carbons (Fsp3) is 0.200. The number of anilines is 2. The molecule has 1 aliphatic rings. The lowest BCUT2D eigenvalue weighted by atomic mass is 10.1. The lowest BCUT2D eigenvalue weighted by Gasteiger charge is -2.17. The van der Waals surface area contributed by atoms with Gasteiger partial charge in [-0.15, -0.1) is 0 Å². The number of hydrogen-bond acceptors (Lipinski definition) is 4. The molecule has 29 heavy (non-hydrogen) atoms. The van der Waals surface area contributed by atoms with E-state index in [0.717, 1.165) is 10.5 Å². The highest BCUT2D eigenvalue weighted by atomic mass is 16.4. The summed E-state index contributed by atoms with van der Waals surface area (Å²) in [5.41, 5.74) is 1.77. The van der Waals surface area contributed by atoms with Crippen LogP contribution in [0.25, 0.3) is 0 Å². The lowest BCUT2D eigenvalue weighted by molar-refractivity contribution is -0.138. The molecule has 3 rings (SSSR count). The molecule has 0 saturated carbocycles. The normalized spacial score (nSPS) is 13.6. The maximum Gasteiger partial charge on any atom is 0.323 e. The quantitative estimate of drug-likeness (QED) is 0.708. The van der Waals surface area contributed by atoms with E-state index >= 15 is 0 Å². The van der Waals surface area contributed by atoms with Crippen LogP contribution >= 0.6 is 0 Å². The molecule has 9 heteroatoms. The number of hydrogen-bond donors (Lipinski definition) is 3. The van der Waals surface area contributed by atoms with Gasteiger partial charge in [0, 0.05) is 19.3 Å². The van der Waals surface area contributed by atoms with Crippen molar-refractivity contribution in [2.75, 3.05) is 30.4 Å². The van der Waals surface area contributed by atoms with Crippen molar-refractivity contribution in [3.63, 3.8) is 0 Å². The first kappa shape index (κ1) is 19.9. The minimum atomic E-state index is -1.22. The van der Waals surface area contributed by atoms with E-state index in [1.807, 2.05) is 30.3 Å². The maximum atomic E-state index is 12.8. The third-order valence-corrected chi connectivity index (χ3v) is 4.46. The van der Waals surface area contributed by atoms with Gasteiger partial charge in [-0.3, -0.25) is 14.4 Å². The van der Waals surface area contributed by atoms with Crippen LogP contribution < -0.4 is 15.5 Å². The molecule has 0 fully saturated rings. The van der Waals surface area contributed by atoms with Gasteiger partial charge in [-0.25, -0.2) is 4.79 Å². The molecule has 2 aromatic rings. The van der Waals surface area contributed by atoms with Gasteiger partial charge in [0.05, 0.1) is 11.3 Å². The van der Waals surface area contributed by atoms with Crippen LogP contribution in [0.1, 0.15) is 15.9 Å². The maximum absolute atomic E-state index is 12.8. The molecule has 3 N–H and O–H groups in total. The van der Waals surface area contributed by atoms with Gasteiger partial charge < -0.3 is 25.5 Å². The SMILES string of the molecule is CN1C(=O)CN(CC(=O)O)C(=O)c2cc(NC(=O)NCc3ccccc3)ccc21. The summed E-state index contributed by atoms with van der Waals surface area (Å²) >= 11 is 0. The van der Waals surface area contributed by atoms with Crippen molar-refractivity contribution in [2.45, 2.75) is 6.54 Å². The Morgan fingerprint density at radius 1 is 1.10 bits per heavy atom. The molecule has 0 saturated heterocycles. The molecule has 9 nitrogen and oxygen atoms in total. The summed E-state index contributed by atoms with van der Waals surface area (Å²) in [4.78, 5) is 50.5. The Labute approximate surface area is 166 Å². The predicted molar refractivity (Wildman–Crippen MR) is 106 cm³/mol. The number of carboxylic acids is 1. The standard InChI is InChI=1S/C20H20N4O5/c1-23-16-8-7-14(22-20(29)21-10-13-5-3-2-4-6-13)9-15(16)19(28)24(11-17(23)25)12-18(26)27/h2-9H,10-12H2,1H3,(H,26,27)(H2,21,22,29). The highest BCUT2D eigenvalue weighted by molar-refractivity contribution is 6.11. The van der Waals surface area contributed by atoms with E-state index in [0.29, 0.717) is 17.9 Å². The van der Waals surface area contributed by atoms with Crippen molar-refractivity contribution < 1.29 is 24.3 Å². The van der Waals surface area contributed by atoms with Crippen LogP contribution in [0.5, 0.6) is 0 Å². The number of nitrogens with zero attached hydrogens (tertiary/aromatic N) is 2. The molecule has 2 aromatic carbocycles. The molecule has 4 amide bonds. The van der Waals surface area contributed by atoms with Crippen molar-refractivity contribution in [1.29, 1.82) is 0 Å². The van der Waals surface area contributed by atoms with Gasteiger partial charge in [0.15, 0.2) is 0 Å². The average molecular weight is 396 g/mol. The van der Waals surface area contributed by atoms with Gasteiger partial charge in [0.25, 0.3) is 5.91 Å². The summed E-state index contributed by atoms with van der Waals surface area (Å²) in [5, 5.41) is 14.4. The van der Waals surface area contributed by atoms with Gasteiger partial charge >= 0.3 is 12.0 Å². The first-order valence-electron chi connectivity index (χ1n) is 8.85. The third kappa shape index (κ3) is 4.70. The molecule has 0 radical (unpaired) electrons. The summed E-state index contributed by atoms with van der Waals surface area (Å²) < 4.78 is 0. The summed E-state index contributed by atoms with van der Waals surface area (Å²) in [6, 6.07) is 13.5. The first-order valence-corrected chi connectivity index (χ1v) is 8.85. The Kier molecular flexibility index (Phi) is 5.77. The molecule has 0 atom stereocenters. The van der Waals surface area contributed by atoms with Gasteiger partial charge in [-0.1, -0.05) is 30.3 Å². The zero-order valence-corrected chi connectivity index (χ0v) is 15.7. The van der Waals surface area contributed by atoms with Gasteiger partial charge in [0.1, 0.15) is 13.1 Å². The largest absolute Gasteiger partial charge is 0.480 e. The molecule has 1 aliphatic heterocycles. The number of carboxylic acid groups (broad SMARTS) is 1. The Balaban J connectivity index is 1.77. The average Bonchev–Trinajstić information content (AvgIpc) is 2.78. The van der Waals surface area contributed by atoms with Crippen LogP contribution in [0.3, 0.4) is 0 Å². The highest BCUT2D eigenvalue weighted by Crippen LogP contribution is 2.27. The molecule has 0 bridgehead atoms. The number of urea groups is 1. The highest BCUT2D eigenvalue weighted by Gasteiger charge is 2.31. The molecular weight excluding hydrogens is 376 g/mol. The monoisotopic (exact) mass is 396 g/mol. The third-order valence-electron chi connectivity index (χ3n) is 4.46. The number of aliphatic carboxylic acids is 1. The lowest BCUT2D eigenvalue weighted by Crippen LogP contribution is -2.40. The van der Waals surface area contributed by atoms with Gasteiger partial charge in [-0.2, -0.15) is 0 Å². The fourth-order valence-corrected chi connectivity index (χ4v) is 2.97. The second-order valence-electron chi connectivity index (χ2n) is 6.53. The number of rotatable bonds is 5. The van der Waals surface area contributed by atoms with Crippen molar-refractivity contribution in [3.8, 4) is 0 Å². The number of fused-ring (bicyclic) bond motifs is 1.